The molecule has 0 aliphatic carbocycles. The number of phenols is 1. The van der Waals surface area contributed by atoms with Crippen molar-refractivity contribution in [2.75, 3.05) is 17.8 Å². The van der Waals surface area contributed by atoms with Crippen LogP contribution in [0.2, 0.25) is 0 Å². The first-order valence-electron chi connectivity index (χ1n) is 9.10. The molecule has 2 saturated heterocycles. The molecule has 3 aromatic rings. The van der Waals surface area contributed by atoms with Gasteiger partial charge in [-0.2, -0.15) is 4.67 Å². The smallest absolute Gasteiger partial charge is 0.172 e. The van der Waals surface area contributed by atoms with Crippen molar-refractivity contribution in [3.05, 3.63) is 66.7 Å². The van der Waals surface area contributed by atoms with E-state index in [1.807, 2.05) is 65.3 Å². The number of hydrogen-bond donors (Lipinski definition) is 1. The lowest BCUT2D eigenvalue weighted by molar-refractivity contribution is -0.176. The second-order valence-electron chi connectivity index (χ2n) is 7.11. The van der Waals surface area contributed by atoms with Gasteiger partial charge in [0, 0.05) is 6.54 Å². The zero-order chi connectivity index (χ0) is 17.7. The van der Waals surface area contributed by atoms with Crippen molar-refractivity contribution >= 4 is 29.6 Å². The minimum atomic E-state index is -3.08. The summed E-state index contributed by atoms with van der Waals surface area (Å²) in [5.74, 6) is 0.125. The number of phenolic OH excluding ortho intramolecular Hbond substituents is 1. The van der Waals surface area contributed by atoms with Crippen LogP contribution in [-0.2, 0) is 0 Å². The molecule has 2 aliphatic rings. The van der Waals surface area contributed by atoms with Crippen molar-refractivity contribution < 1.29 is 10.00 Å². The van der Waals surface area contributed by atoms with Gasteiger partial charge >= 0.3 is 0 Å². The highest BCUT2D eigenvalue weighted by Gasteiger charge is 2.57. The molecule has 2 atom stereocenters. The van der Waals surface area contributed by atoms with Gasteiger partial charge < -0.3 is 10.00 Å². The summed E-state index contributed by atoms with van der Waals surface area (Å²) in [4.78, 5) is 14.5. The van der Waals surface area contributed by atoms with E-state index in [0.717, 1.165) is 42.4 Å². The van der Waals surface area contributed by atoms with Gasteiger partial charge in [-0.05, 0) is 47.9 Å². The zero-order valence-corrected chi connectivity index (χ0v) is 15.3. The number of para-hydroxylation sites is 1. The third kappa shape index (κ3) is 2.26. The summed E-state index contributed by atoms with van der Waals surface area (Å²) in [6.07, 6.45) is 2.12. The van der Waals surface area contributed by atoms with E-state index >= 15 is 0 Å². The minimum Gasteiger partial charge on any atom is -0.642 e. The van der Waals surface area contributed by atoms with Gasteiger partial charge in [-0.15, -0.1) is 0 Å². The maximum absolute atomic E-state index is 14.5. The Balaban J connectivity index is 1.71. The summed E-state index contributed by atoms with van der Waals surface area (Å²) in [5, 5.41) is 13.3. The summed E-state index contributed by atoms with van der Waals surface area (Å²) in [7, 11) is -3.08. The Kier molecular flexibility index (Phi) is 3.68. The highest BCUT2D eigenvalue weighted by molar-refractivity contribution is 7.76. The Hall–Kier alpha value is -2.13. The monoisotopic (exact) mass is 364 g/mol. The summed E-state index contributed by atoms with van der Waals surface area (Å²) in [5.41, 5.74) is 0.956. The van der Waals surface area contributed by atoms with Crippen LogP contribution in [-0.4, -0.2) is 28.9 Å². The van der Waals surface area contributed by atoms with E-state index in [-0.39, 0.29) is 11.8 Å². The van der Waals surface area contributed by atoms with Gasteiger partial charge in [-0.3, -0.25) is 0 Å². The van der Waals surface area contributed by atoms with Crippen molar-refractivity contribution in [1.82, 2.24) is 4.67 Å². The molecule has 0 spiro atoms. The predicted octanol–water partition coefficient (Wildman–Crippen LogP) is 3.28. The molecule has 0 radical (unpaired) electrons. The second-order valence-corrected chi connectivity index (χ2v) is 9.68. The van der Waals surface area contributed by atoms with Gasteiger partial charge in [0.2, 0.25) is 0 Å². The SMILES string of the molecule is [O-][P+]1(c2cc3ccccc3cc2O)N(c2ccccc2)C[C@@H]2CCCN21. The van der Waals surface area contributed by atoms with E-state index < -0.39 is 7.79 Å². The first-order chi connectivity index (χ1) is 12.7. The molecule has 2 aliphatic heterocycles. The largest absolute Gasteiger partial charge is 0.642 e. The molecule has 1 N–H and O–H groups in total. The number of nitrogens with zero attached hydrogens (tertiary/aromatic N) is 2. The topological polar surface area (TPSA) is 49.8 Å². The van der Waals surface area contributed by atoms with E-state index in [2.05, 4.69) is 4.67 Å². The molecular formula is C21H21N2O2P. The van der Waals surface area contributed by atoms with Crippen molar-refractivity contribution in [2.45, 2.75) is 18.9 Å². The van der Waals surface area contributed by atoms with Gasteiger partial charge in [0.05, 0.1) is 18.3 Å². The molecule has 1 unspecified atom stereocenters. The Bertz CT molecular complexity index is 965. The van der Waals surface area contributed by atoms with Gasteiger partial charge in [0.1, 0.15) is 0 Å². The van der Waals surface area contributed by atoms with Crippen LogP contribution in [0.15, 0.2) is 66.7 Å². The van der Waals surface area contributed by atoms with Crippen LogP contribution in [0, 0.1) is 0 Å². The molecule has 0 amide bonds. The van der Waals surface area contributed by atoms with Crippen LogP contribution in [0.3, 0.4) is 0 Å². The number of benzene rings is 3. The molecular weight excluding hydrogens is 343 g/mol. The molecule has 132 valence electrons. The van der Waals surface area contributed by atoms with Gasteiger partial charge in [-0.25, -0.2) is 4.67 Å². The minimum absolute atomic E-state index is 0.125. The number of anilines is 1. The first kappa shape index (κ1) is 16.1. The summed E-state index contributed by atoms with van der Waals surface area (Å²) in [6.45, 7) is 1.56. The van der Waals surface area contributed by atoms with Crippen molar-refractivity contribution in [3.63, 3.8) is 0 Å². The average molecular weight is 364 g/mol. The summed E-state index contributed by atoms with van der Waals surface area (Å²) < 4.78 is 4.17. The predicted molar refractivity (Wildman–Crippen MR) is 106 cm³/mol. The fraction of sp³-hybridized carbons (Fsp3) is 0.238. The summed E-state index contributed by atoms with van der Waals surface area (Å²) >= 11 is 0. The maximum atomic E-state index is 14.5. The van der Waals surface area contributed by atoms with Crippen molar-refractivity contribution in [3.8, 4) is 5.75 Å². The van der Waals surface area contributed by atoms with Crippen LogP contribution < -0.4 is 14.9 Å². The Morgan fingerprint density at radius 2 is 1.65 bits per heavy atom. The Morgan fingerprint density at radius 3 is 2.42 bits per heavy atom. The fourth-order valence-electron chi connectivity index (χ4n) is 4.39. The third-order valence-corrected chi connectivity index (χ3v) is 8.87. The fourth-order valence-corrected chi connectivity index (χ4v) is 7.78. The lowest BCUT2D eigenvalue weighted by atomic mass is 10.1. The van der Waals surface area contributed by atoms with Crippen molar-refractivity contribution in [1.29, 1.82) is 0 Å². The standard InChI is InChI=1S/C21H21N2O2P/c24-20-13-16-7-4-5-8-17(16)14-21(20)26(25)22-12-6-11-19(22)15-23(26)18-9-2-1-3-10-18/h1-5,7-10,13-14,19,24H,6,11-12,15H2/t19-,26?/m0/s1. The van der Waals surface area contributed by atoms with E-state index in [4.69, 9.17) is 0 Å². The molecule has 0 aromatic heterocycles. The molecule has 4 nitrogen and oxygen atoms in total. The molecule has 0 bridgehead atoms. The second kappa shape index (κ2) is 5.95. The molecule has 3 aromatic carbocycles. The van der Waals surface area contributed by atoms with Crippen LogP contribution in [0.4, 0.5) is 5.69 Å². The van der Waals surface area contributed by atoms with Crippen molar-refractivity contribution in [2.24, 2.45) is 0 Å². The van der Waals surface area contributed by atoms with Gasteiger partial charge in [-0.1, -0.05) is 42.5 Å². The zero-order valence-electron chi connectivity index (χ0n) is 14.5. The molecule has 5 rings (SSSR count). The number of fused-ring (bicyclic) bond motifs is 2. The summed E-state index contributed by atoms with van der Waals surface area (Å²) in [6, 6.07) is 21.8. The normalized spacial score (nSPS) is 25.7. The lowest BCUT2D eigenvalue weighted by Crippen LogP contribution is -2.41. The lowest BCUT2D eigenvalue weighted by Gasteiger charge is -2.40. The van der Waals surface area contributed by atoms with Crippen LogP contribution in [0.25, 0.3) is 10.8 Å². The van der Waals surface area contributed by atoms with E-state index in [0.29, 0.717) is 5.30 Å². The van der Waals surface area contributed by atoms with E-state index in [1.54, 1.807) is 6.07 Å². The van der Waals surface area contributed by atoms with Gasteiger partial charge in [0.15, 0.2) is 18.8 Å². The maximum Gasteiger partial charge on any atom is 0.172 e. The Labute approximate surface area is 153 Å². The molecule has 2 heterocycles. The number of aromatic hydroxyl groups is 1. The third-order valence-electron chi connectivity index (χ3n) is 5.62. The van der Waals surface area contributed by atoms with Gasteiger partial charge in [0.25, 0.3) is 0 Å². The van der Waals surface area contributed by atoms with E-state index in [9.17, 15) is 10.00 Å². The highest BCUT2D eigenvalue weighted by Crippen LogP contribution is 2.66. The quantitative estimate of drug-likeness (QED) is 0.709. The van der Waals surface area contributed by atoms with Crippen LogP contribution >= 0.6 is 7.79 Å². The average Bonchev–Trinajstić information content (AvgIpc) is 3.24. The molecule has 2 fully saturated rings. The van der Waals surface area contributed by atoms with E-state index in [1.165, 1.54) is 0 Å². The molecule has 26 heavy (non-hydrogen) atoms. The first-order valence-corrected chi connectivity index (χ1v) is 10.7. The Morgan fingerprint density at radius 1 is 0.962 bits per heavy atom. The molecule has 0 saturated carbocycles. The molecule has 5 heteroatoms. The number of rotatable bonds is 2. The number of hydrogen-bond acceptors (Lipinski definition) is 4. The van der Waals surface area contributed by atoms with Crippen LogP contribution in [0.1, 0.15) is 12.8 Å². The highest BCUT2D eigenvalue weighted by atomic mass is 31.2. The van der Waals surface area contributed by atoms with Crippen LogP contribution in [0.5, 0.6) is 5.75 Å².